The van der Waals surface area contributed by atoms with E-state index in [1.54, 1.807) is 0 Å². The summed E-state index contributed by atoms with van der Waals surface area (Å²) in [4.78, 5) is 81.0. The van der Waals surface area contributed by atoms with Gasteiger partial charge in [0.05, 0.1) is 40.5 Å². The number of nitrogens with one attached hydrogen (secondary N) is 1. The van der Waals surface area contributed by atoms with Gasteiger partial charge in [-0.3, -0.25) is 33.7 Å². The highest BCUT2D eigenvalue weighted by atomic mass is 35.5. The standard InChI is InChI=1S/C47H44ClF10N10O12PS/c1-22-8-9-29(37(60-22)32(15-25-13-27(49)16-28(50)14-25)61-33(69)18-66-40-35(39(62-66)47(56,57)58)23(2)24(3)46(40,54)55)30-10-11-31(48)36-38(30)67(20-45(51,52)53)63-42(36)68(82(5,77)78)43(72)64(4)41-26(7-6-12-59-41)17-65(19-34(70)71)44(73)79-21-80-81(74,75)76/h6-14,16,23-24,32H,15,17-21H2,1-5H3,(H,61,69)(H,70,71)(H2,74,75,76)/t23-,24+,32-/m0/s1. The van der Waals surface area contributed by atoms with Crippen LogP contribution in [0.25, 0.3) is 22.0 Å². The Morgan fingerprint density at radius 1 is 0.951 bits per heavy atom. The number of carbonyl (C=O) groups excluding carboxylic acids is 3. The van der Waals surface area contributed by atoms with Crippen LogP contribution in [0.5, 0.6) is 0 Å². The molecule has 4 aromatic heterocycles. The maximum atomic E-state index is 15.8. The first-order valence-electron chi connectivity index (χ1n) is 23.5. The highest BCUT2D eigenvalue weighted by Gasteiger charge is 2.57. The van der Waals surface area contributed by atoms with Gasteiger partial charge >= 0.3 is 38.3 Å². The molecule has 4 N–H and O–H groups in total. The number of fused-ring (bicyclic) bond motifs is 2. The molecule has 0 radical (unpaired) electrons. The Kier molecular flexibility index (Phi) is 17.5. The first-order valence-corrected chi connectivity index (χ1v) is 27.2. The summed E-state index contributed by atoms with van der Waals surface area (Å²) >= 11 is 6.72. The minimum absolute atomic E-state index is 0.0733. The van der Waals surface area contributed by atoms with Crippen molar-refractivity contribution in [3.8, 4) is 11.1 Å². The number of alkyl halides is 8. The molecular weight excluding hydrogens is 1190 g/mol. The molecule has 1 aliphatic rings. The molecular formula is C47H44ClF10N10O12PS. The van der Waals surface area contributed by atoms with E-state index in [-0.39, 0.29) is 47.3 Å². The van der Waals surface area contributed by atoms with E-state index < -0.39 is 174 Å². The zero-order chi connectivity index (χ0) is 60.9. The number of carboxylic acids is 1. The number of urea groups is 1. The fourth-order valence-electron chi connectivity index (χ4n) is 9.16. The fourth-order valence-corrected chi connectivity index (χ4v) is 10.4. The Morgan fingerprint density at radius 2 is 1.60 bits per heavy atom. The number of rotatable bonds is 18. The number of phosphoric ester groups is 1. The van der Waals surface area contributed by atoms with Crippen molar-refractivity contribution in [3.63, 3.8) is 0 Å². The lowest BCUT2D eigenvalue weighted by molar-refractivity contribution is -0.143. The van der Waals surface area contributed by atoms with Crippen LogP contribution < -0.4 is 14.5 Å². The van der Waals surface area contributed by atoms with Crippen molar-refractivity contribution in [1.82, 2.24) is 39.7 Å². The van der Waals surface area contributed by atoms with Crippen LogP contribution >= 0.6 is 19.4 Å². The van der Waals surface area contributed by atoms with Gasteiger partial charge in [0, 0.05) is 53.2 Å². The van der Waals surface area contributed by atoms with Crippen LogP contribution in [-0.4, -0.2) is 115 Å². The summed E-state index contributed by atoms with van der Waals surface area (Å²) < 4.78 is 196. The molecule has 0 saturated carbocycles. The van der Waals surface area contributed by atoms with Crippen LogP contribution in [0.1, 0.15) is 65.3 Å². The van der Waals surface area contributed by atoms with Crippen LogP contribution in [0.2, 0.25) is 5.02 Å². The number of hydrogen-bond acceptors (Lipinski definition) is 13. The Morgan fingerprint density at radius 3 is 2.20 bits per heavy atom. The van der Waals surface area contributed by atoms with E-state index in [1.807, 2.05) is 0 Å². The maximum absolute atomic E-state index is 15.8. The minimum Gasteiger partial charge on any atom is -0.480 e. The molecule has 7 rings (SSSR count). The second-order valence-electron chi connectivity index (χ2n) is 18.6. The third kappa shape index (κ3) is 13.6. The predicted molar refractivity (Wildman–Crippen MR) is 266 cm³/mol. The first kappa shape index (κ1) is 62.2. The normalized spacial score (nSPS) is 15.7. The van der Waals surface area contributed by atoms with E-state index in [2.05, 4.69) is 34.7 Å². The second-order valence-corrected chi connectivity index (χ2v) is 22.1. The number of hydrogen-bond donors (Lipinski definition) is 4. The molecule has 82 heavy (non-hydrogen) atoms. The number of anilines is 2. The average molecular weight is 1230 g/mol. The number of sulfonamides is 1. The van der Waals surface area contributed by atoms with E-state index in [1.165, 1.54) is 31.2 Å². The lowest BCUT2D eigenvalue weighted by atomic mass is 9.93. The molecule has 0 fully saturated rings. The molecule has 0 aliphatic heterocycles. The van der Waals surface area contributed by atoms with Gasteiger partial charge in [-0.05, 0) is 55.2 Å². The largest absolute Gasteiger partial charge is 0.480 e. The van der Waals surface area contributed by atoms with E-state index in [9.17, 15) is 72.4 Å². The van der Waals surface area contributed by atoms with Gasteiger partial charge in [-0.2, -0.15) is 49.6 Å². The van der Waals surface area contributed by atoms with Crippen molar-refractivity contribution in [2.75, 3.05) is 35.8 Å². The van der Waals surface area contributed by atoms with Crippen LogP contribution in [-0.2, 0) is 71.6 Å². The van der Waals surface area contributed by atoms with Gasteiger partial charge in [-0.15, -0.1) is 0 Å². The third-order valence-electron chi connectivity index (χ3n) is 12.7. The zero-order valence-electron chi connectivity index (χ0n) is 42.8. The molecule has 2 aromatic carbocycles. The monoisotopic (exact) mass is 1230 g/mol. The Hall–Kier alpha value is -7.45. The number of pyridine rings is 2. The molecule has 22 nitrogen and oxygen atoms in total. The lowest BCUT2D eigenvalue weighted by Gasteiger charge is -2.27. The van der Waals surface area contributed by atoms with Gasteiger partial charge in [0.2, 0.25) is 22.7 Å². The number of aromatic nitrogens is 6. The van der Waals surface area contributed by atoms with E-state index in [0.29, 0.717) is 22.1 Å². The fraction of sp³-hybridized carbons (Fsp3) is 0.362. The van der Waals surface area contributed by atoms with Crippen molar-refractivity contribution in [2.24, 2.45) is 5.92 Å². The van der Waals surface area contributed by atoms with Gasteiger partial charge in [0.25, 0.3) is 5.92 Å². The number of phosphoric acid groups is 1. The first-order chi connectivity index (χ1) is 37.9. The van der Waals surface area contributed by atoms with Crippen molar-refractivity contribution in [1.29, 1.82) is 0 Å². The Balaban J connectivity index is 1.37. The zero-order valence-corrected chi connectivity index (χ0v) is 45.3. The number of amides is 4. The molecule has 1 aliphatic carbocycles. The van der Waals surface area contributed by atoms with E-state index >= 15 is 8.78 Å². The highest BCUT2D eigenvalue weighted by Crippen LogP contribution is 2.55. The van der Waals surface area contributed by atoms with Crippen LogP contribution in [0.3, 0.4) is 0 Å². The molecule has 442 valence electrons. The number of ether oxygens (including phenoxy) is 1. The number of carboxylic acid groups (broad SMARTS) is 1. The smallest absolute Gasteiger partial charge is 0.472 e. The lowest BCUT2D eigenvalue weighted by Crippen LogP contribution is -2.46. The molecule has 0 bridgehead atoms. The van der Waals surface area contributed by atoms with Crippen molar-refractivity contribution in [2.45, 2.75) is 77.1 Å². The Labute approximate surface area is 461 Å². The molecule has 6 aromatic rings. The van der Waals surface area contributed by atoms with Crippen LogP contribution in [0, 0.1) is 24.5 Å². The Bertz CT molecular complexity index is 3660. The number of nitrogens with zero attached hydrogens (tertiary/aromatic N) is 9. The number of carbonyl (C=O) groups is 4. The molecule has 4 amide bonds. The molecule has 35 heteroatoms. The minimum atomic E-state index is -5.26. The van der Waals surface area contributed by atoms with Crippen molar-refractivity contribution >= 4 is 76.0 Å². The van der Waals surface area contributed by atoms with Gasteiger partial charge in [-0.25, -0.2) is 40.9 Å². The predicted octanol–water partition coefficient (Wildman–Crippen LogP) is 8.57. The quantitative estimate of drug-likeness (QED) is 0.0356. The van der Waals surface area contributed by atoms with Gasteiger partial charge in [-0.1, -0.05) is 43.6 Å². The second kappa shape index (κ2) is 23.1. The maximum Gasteiger partial charge on any atom is 0.472 e. The molecule has 3 atom stereocenters. The summed E-state index contributed by atoms with van der Waals surface area (Å²) in [5, 5.41) is 18.1. The summed E-state index contributed by atoms with van der Waals surface area (Å²) in [5.41, 5.74) is -5.75. The SMILES string of the molecule is Cc1ccc(-c2ccc(Cl)c3c(N(C(=O)N(C)c4ncccc4CN(CC(=O)O)C(=O)OCOP(=O)(O)O)S(C)(=O)=O)nn(CC(F)(F)F)c23)c([C@H](Cc2cc(F)cc(F)c2)NC(=O)Cn2nc(C(F)(F)F)c3c2C(F)(F)[C@H](C)[C@@H]3C)n1. The van der Waals surface area contributed by atoms with Crippen LogP contribution in [0.4, 0.5) is 65.1 Å². The number of benzene rings is 2. The van der Waals surface area contributed by atoms with Crippen LogP contribution in [0.15, 0.2) is 60.8 Å². The van der Waals surface area contributed by atoms with Crippen molar-refractivity contribution in [3.05, 3.63) is 117 Å². The van der Waals surface area contributed by atoms with E-state index in [4.69, 9.17) is 21.4 Å². The summed E-state index contributed by atoms with van der Waals surface area (Å²) in [6, 6.07) is 5.82. The summed E-state index contributed by atoms with van der Waals surface area (Å²) in [6.45, 7) is -3.20. The highest BCUT2D eigenvalue weighted by molar-refractivity contribution is 7.92. The molecule has 0 spiro atoms. The molecule has 0 saturated heterocycles. The van der Waals surface area contributed by atoms with E-state index in [0.717, 1.165) is 51.4 Å². The van der Waals surface area contributed by atoms with Gasteiger partial charge < -0.3 is 24.9 Å². The third-order valence-corrected chi connectivity index (χ3v) is 14.4. The summed E-state index contributed by atoms with van der Waals surface area (Å²) in [5.74, 6) is -13.9. The number of aryl methyl sites for hydroxylation is 1. The summed E-state index contributed by atoms with van der Waals surface area (Å²) in [6.07, 6.45) is -11.2. The number of aliphatic carboxylic acids is 1. The van der Waals surface area contributed by atoms with Crippen molar-refractivity contribution < 1.29 is 100 Å². The summed E-state index contributed by atoms with van der Waals surface area (Å²) in [7, 11) is -9.37. The molecule has 0 unspecified atom stereocenters. The average Bonchev–Trinajstić information content (AvgIpc) is 1.72. The topological polar surface area (TPSA) is 282 Å². The van der Waals surface area contributed by atoms with Gasteiger partial charge in [0.15, 0.2) is 11.5 Å². The number of halogens is 11. The van der Waals surface area contributed by atoms with Gasteiger partial charge in [0.1, 0.15) is 42.8 Å². The molecule has 4 heterocycles.